The lowest BCUT2D eigenvalue weighted by Gasteiger charge is -2.17. The Bertz CT molecular complexity index is 355. The smallest absolute Gasteiger partial charge is 0.335 e. The van der Waals surface area contributed by atoms with E-state index in [4.69, 9.17) is 0 Å². The number of amides is 3. The summed E-state index contributed by atoms with van der Waals surface area (Å²) in [4.78, 5) is 26.3. The highest BCUT2D eigenvalue weighted by atomic mass is 32.2. The second-order valence-corrected chi connectivity index (χ2v) is 3.88. The fourth-order valence-corrected chi connectivity index (χ4v) is 1.14. The molecule has 0 heterocycles. The molecule has 0 aliphatic rings. The minimum atomic E-state index is -4.46. The van der Waals surface area contributed by atoms with Gasteiger partial charge in [0.1, 0.15) is 0 Å². The fourth-order valence-electron chi connectivity index (χ4n) is 0.677. The van der Waals surface area contributed by atoms with Gasteiger partial charge >= 0.3 is 22.3 Å². The van der Waals surface area contributed by atoms with Gasteiger partial charge in [0.15, 0.2) is 0 Å². The third-order valence-electron chi connectivity index (χ3n) is 1.21. The first-order chi connectivity index (χ1) is 7.32. The number of carbonyl (C=O) groups excluding carboxylic acids is 2. The molecule has 0 rings (SSSR count). The second-order valence-electron chi connectivity index (χ2n) is 2.52. The van der Waals surface area contributed by atoms with Gasteiger partial charge in [0.05, 0.1) is 0 Å². The van der Waals surface area contributed by atoms with Crippen LogP contribution in [0.1, 0.15) is 21.3 Å². The van der Waals surface area contributed by atoms with Gasteiger partial charge in [-0.15, -0.1) is 0 Å². The number of hydrogen-bond acceptors (Lipinski definition) is 5. The molecule has 0 radical (unpaired) electrons. The van der Waals surface area contributed by atoms with Gasteiger partial charge in [-0.05, 0) is 18.3 Å². The second kappa shape index (κ2) is 7.68. The Kier molecular flexibility index (Phi) is 8.06. The van der Waals surface area contributed by atoms with Crippen LogP contribution in [-0.4, -0.2) is 38.1 Å². The van der Waals surface area contributed by atoms with Crippen molar-refractivity contribution in [1.82, 2.24) is 15.1 Å². The summed E-state index contributed by atoms with van der Waals surface area (Å²) in [6.07, 6.45) is -1.09. The first kappa shape index (κ1) is 17.8. The SMILES string of the molecule is C.CCNC(=O)ON(C(=O)NCC)S(N)(=O)=O. The summed E-state index contributed by atoms with van der Waals surface area (Å²) in [7, 11) is -4.46. The van der Waals surface area contributed by atoms with Crippen molar-refractivity contribution in [3.8, 4) is 0 Å². The maximum Gasteiger partial charge on any atom is 0.432 e. The monoisotopic (exact) mass is 270 g/mol. The molecule has 10 heteroatoms. The maximum atomic E-state index is 11.2. The van der Waals surface area contributed by atoms with E-state index in [1.807, 2.05) is 0 Å². The van der Waals surface area contributed by atoms with E-state index < -0.39 is 22.3 Å². The zero-order valence-electron chi connectivity index (χ0n) is 8.89. The lowest BCUT2D eigenvalue weighted by molar-refractivity contribution is 0.0104. The molecule has 3 amide bonds. The molecule has 0 saturated heterocycles. The van der Waals surface area contributed by atoms with E-state index in [1.54, 1.807) is 13.8 Å². The molecule has 4 N–H and O–H groups in total. The van der Waals surface area contributed by atoms with E-state index in [2.05, 4.69) is 20.6 Å². The van der Waals surface area contributed by atoms with E-state index in [9.17, 15) is 18.0 Å². The molecular weight excluding hydrogens is 252 g/mol. The number of carbonyl (C=O) groups is 2. The Balaban J connectivity index is 0. The number of nitrogens with two attached hydrogens (primary N) is 1. The van der Waals surface area contributed by atoms with Crippen LogP contribution in [0.15, 0.2) is 0 Å². The van der Waals surface area contributed by atoms with E-state index in [1.165, 1.54) is 0 Å². The van der Waals surface area contributed by atoms with Crippen molar-refractivity contribution in [2.75, 3.05) is 13.1 Å². The Labute approximate surface area is 100 Å². The molecule has 0 aromatic carbocycles. The van der Waals surface area contributed by atoms with Crippen LogP contribution in [0, 0.1) is 0 Å². The van der Waals surface area contributed by atoms with E-state index in [0.717, 1.165) is 0 Å². The van der Waals surface area contributed by atoms with Crippen LogP contribution in [0.4, 0.5) is 9.59 Å². The first-order valence-corrected chi connectivity index (χ1v) is 5.89. The molecule has 0 aromatic heterocycles. The Morgan fingerprint density at radius 3 is 2.06 bits per heavy atom. The summed E-state index contributed by atoms with van der Waals surface area (Å²) < 4.78 is 21.6. The summed E-state index contributed by atoms with van der Waals surface area (Å²) in [5.41, 5.74) is 0. The molecule has 0 aliphatic carbocycles. The molecule has 0 spiro atoms. The van der Waals surface area contributed by atoms with Crippen LogP contribution in [0.2, 0.25) is 0 Å². The third-order valence-corrected chi connectivity index (χ3v) is 1.91. The van der Waals surface area contributed by atoms with Crippen molar-refractivity contribution in [2.24, 2.45) is 5.14 Å². The predicted octanol–water partition coefficient (Wildman–Crippen LogP) is -0.481. The number of hydrogen-bond donors (Lipinski definition) is 3. The van der Waals surface area contributed by atoms with Crippen LogP contribution >= 0.6 is 0 Å². The van der Waals surface area contributed by atoms with Crippen LogP contribution in [-0.2, 0) is 15.0 Å². The lowest BCUT2D eigenvalue weighted by Crippen LogP contribution is -2.49. The van der Waals surface area contributed by atoms with Crippen molar-refractivity contribution in [1.29, 1.82) is 0 Å². The molecule has 0 fully saturated rings. The molecule has 0 atom stereocenters. The molecule has 0 aliphatic heterocycles. The third kappa shape index (κ3) is 6.58. The van der Waals surface area contributed by atoms with Gasteiger partial charge in [0.25, 0.3) is 0 Å². The predicted molar refractivity (Wildman–Crippen MR) is 60.9 cm³/mol. The Morgan fingerprint density at radius 1 is 1.24 bits per heavy atom. The standard InChI is InChI=1S/C6H14N4O5S.CH4/c1-3-8-5(11)10(16(7,13)14)15-6(12)9-4-2;/h3-4H2,1-2H3,(H,8,11)(H,9,12)(H2,7,13,14);1H4. The zero-order chi connectivity index (χ0) is 12.8. The molecule has 0 saturated carbocycles. The van der Waals surface area contributed by atoms with Crippen molar-refractivity contribution < 1.29 is 22.8 Å². The molecule has 102 valence electrons. The highest BCUT2D eigenvalue weighted by Gasteiger charge is 2.28. The topological polar surface area (TPSA) is 131 Å². The summed E-state index contributed by atoms with van der Waals surface area (Å²) in [5, 5.41) is 8.95. The maximum absolute atomic E-state index is 11.2. The van der Waals surface area contributed by atoms with Gasteiger partial charge in [0.2, 0.25) is 0 Å². The fraction of sp³-hybridized carbons (Fsp3) is 0.714. The number of hydroxylamine groups is 1. The van der Waals surface area contributed by atoms with Crippen molar-refractivity contribution in [3.63, 3.8) is 0 Å². The summed E-state index contributed by atoms with van der Waals surface area (Å²) >= 11 is 0. The minimum Gasteiger partial charge on any atom is -0.335 e. The molecule has 0 bridgehead atoms. The lowest BCUT2D eigenvalue weighted by atomic mass is 10.7. The van der Waals surface area contributed by atoms with Crippen molar-refractivity contribution in [3.05, 3.63) is 0 Å². The number of nitrogens with zero attached hydrogens (tertiary/aromatic N) is 1. The largest absolute Gasteiger partial charge is 0.432 e. The average Bonchev–Trinajstić information content (AvgIpc) is 2.13. The van der Waals surface area contributed by atoms with Gasteiger partial charge in [0, 0.05) is 13.1 Å². The van der Waals surface area contributed by atoms with Crippen LogP contribution in [0.3, 0.4) is 0 Å². The van der Waals surface area contributed by atoms with Gasteiger partial charge in [-0.3, -0.25) is 0 Å². The molecular formula is C7H18N4O5S. The quantitative estimate of drug-likeness (QED) is 0.596. The van der Waals surface area contributed by atoms with Crippen LogP contribution < -0.4 is 15.8 Å². The first-order valence-electron chi connectivity index (χ1n) is 4.39. The summed E-state index contributed by atoms with van der Waals surface area (Å²) in [6, 6.07) is -1.14. The van der Waals surface area contributed by atoms with E-state index in [-0.39, 0.29) is 25.0 Å². The average molecular weight is 270 g/mol. The molecule has 0 unspecified atom stereocenters. The van der Waals surface area contributed by atoms with E-state index >= 15 is 0 Å². The van der Waals surface area contributed by atoms with Gasteiger partial charge in [-0.2, -0.15) is 8.42 Å². The van der Waals surface area contributed by atoms with Gasteiger partial charge in [-0.25, -0.2) is 14.7 Å². The van der Waals surface area contributed by atoms with Crippen LogP contribution in [0.25, 0.3) is 0 Å². The summed E-state index contributed by atoms with van der Waals surface area (Å²) in [5.74, 6) is 0. The minimum absolute atomic E-state index is 0. The van der Waals surface area contributed by atoms with E-state index in [0.29, 0.717) is 0 Å². The normalized spacial score (nSPS) is 9.82. The van der Waals surface area contributed by atoms with Crippen molar-refractivity contribution in [2.45, 2.75) is 21.3 Å². The van der Waals surface area contributed by atoms with Crippen LogP contribution in [0.5, 0.6) is 0 Å². The number of urea groups is 1. The zero-order valence-corrected chi connectivity index (χ0v) is 9.70. The van der Waals surface area contributed by atoms with Crippen molar-refractivity contribution >= 4 is 22.3 Å². The summed E-state index contributed by atoms with van der Waals surface area (Å²) in [6.45, 7) is 3.52. The highest BCUT2D eigenvalue weighted by Crippen LogP contribution is 1.97. The number of rotatable bonds is 3. The molecule has 0 aromatic rings. The Hall–Kier alpha value is -1.55. The Morgan fingerprint density at radius 2 is 1.71 bits per heavy atom. The highest BCUT2D eigenvalue weighted by molar-refractivity contribution is 7.87. The number of nitrogens with one attached hydrogen (secondary N) is 2. The van der Waals surface area contributed by atoms with Gasteiger partial charge in [-0.1, -0.05) is 7.43 Å². The van der Waals surface area contributed by atoms with Gasteiger partial charge < -0.3 is 15.5 Å². The molecule has 9 nitrogen and oxygen atoms in total. The molecule has 17 heavy (non-hydrogen) atoms.